The van der Waals surface area contributed by atoms with Gasteiger partial charge in [0.15, 0.2) is 11.6 Å². The molecular weight excluding hydrogens is 1000 g/mol. The molecule has 5 fully saturated rings. The Morgan fingerprint density at radius 2 is 1.04 bits per heavy atom. The number of carbonyl (C=O) groups excluding carboxylic acids is 3. The molecule has 0 spiro atoms. The average molecular weight is 1120 g/mol. The Morgan fingerprint density at radius 3 is 1.64 bits per heavy atom. The van der Waals surface area contributed by atoms with Crippen molar-refractivity contribution in [2.45, 2.75) is 273 Å². The van der Waals surface area contributed by atoms with Gasteiger partial charge in [-0.25, -0.2) is 0 Å². The summed E-state index contributed by atoms with van der Waals surface area (Å²) in [4.78, 5) is 36.0. The van der Waals surface area contributed by atoms with Crippen molar-refractivity contribution in [3.63, 3.8) is 0 Å². The molecule has 4 saturated carbocycles. The number of epoxide rings is 1. The predicted molar refractivity (Wildman–Crippen MR) is 334 cm³/mol. The lowest BCUT2D eigenvalue weighted by molar-refractivity contribution is -0.183. The van der Waals surface area contributed by atoms with Crippen molar-refractivity contribution < 1.29 is 34.4 Å². The van der Waals surface area contributed by atoms with Crippen LogP contribution in [-0.4, -0.2) is 61.2 Å². The van der Waals surface area contributed by atoms with E-state index >= 15 is 0 Å². The molecule has 10 aliphatic carbocycles. The maximum absolute atomic E-state index is 12.2. The van der Waals surface area contributed by atoms with Crippen molar-refractivity contribution >= 4 is 17.3 Å². The smallest absolute Gasteiger partial charge is 0.162 e. The Labute approximate surface area is 493 Å². The van der Waals surface area contributed by atoms with Gasteiger partial charge in [0.25, 0.3) is 0 Å². The molecule has 1 aliphatic heterocycles. The molecule has 0 radical (unpaired) electrons. The normalized spacial score (nSPS) is 42.2. The van der Waals surface area contributed by atoms with E-state index in [9.17, 15) is 29.7 Å². The van der Waals surface area contributed by atoms with Crippen LogP contribution in [0, 0.1) is 76.4 Å². The van der Waals surface area contributed by atoms with Crippen LogP contribution in [0.15, 0.2) is 94.2 Å². The molecule has 1 saturated heterocycles. The number of hydrogen-bond donors (Lipinski definition) is 3. The van der Waals surface area contributed by atoms with Crippen LogP contribution in [0.4, 0.5) is 0 Å². The Kier molecular flexibility index (Phi) is 20.5. The molecule has 1 heterocycles. The average Bonchev–Trinajstić information content (AvgIpc) is 3.26. The van der Waals surface area contributed by atoms with Gasteiger partial charge in [0.2, 0.25) is 0 Å². The van der Waals surface area contributed by atoms with Crippen molar-refractivity contribution in [3.05, 3.63) is 94.2 Å². The van der Waals surface area contributed by atoms with E-state index in [1.54, 1.807) is 12.5 Å². The van der Waals surface area contributed by atoms with Crippen LogP contribution in [0.3, 0.4) is 0 Å². The van der Waals surface area contributed by atoms with E-state index in [1.807, 2.05) is 20.8 Å². The SMILES string of the molecule is C=C(C)[C@@H]1CC[C@@]2(C)C(=O)CC[C@H](C)[C@]2(O)C1.C=C(C)[C@@H]1CC[C@H](C)C23CC[C@H](C)C2(C1)O3.C=C(C)[C@@H]1CC[C@H](C)C2=C(C1)C(=O)CC2.C=C(C)[C@@H]1CC[C@H](C)C2=C(C1)C(C)(O)CC2=O.C=C(C)[C@@H]1CC[C@H](C)C2=C(C1)[C@@H](C)CC2O. The highest BCUT2D eigenvalue weighted by molar-refractivity contribution is 6.01. The molecule has 0 amide bonds. The van der Waals surface area contributed by atoms with Gasteiger partial charge < -0.3 is 20.1 Å². The predicted octanol–water partition coefficient (Wildman–Crippen LogP) is 17.4. The third kappa shape index (κ3) is 13.0. The highest BCUT2D eigenvalue weighted by Gasteiger charge is 2.77. The van der Waals surface area contributed by atoms with Crippen LogP contribution in [0.5, 0.6) is 0 Å². The minimum Gasteiger partial charge on any atom is -0.389 e. The zero-order valence-electron chi connectivity index (χ0n) is 53.8. The number of carbonyl (C=O) groups is 3. The van der Waals surface area contributed by atoms with Gasteiger partial charge in [-0.1, -0.05) is 120 Å². The monoisotopic (exact) mass is 1110 g/mol. The fourth-order valence-corrected chi connectivity index (χ4v) is 17.9. The molecule has 11 rings (SSSR count). The van der Waals surface area contributed by atoms with Crippen LogP contribution >= 0.6 is 0 Å². The van der Waals surface area contributed by atoms with E-state index in [0.717, 1.165) is 105 Å². The van der Waals surface area contributed by atoms with Crippen LogP contribution in [0.25, 0.3) is 0 Å². The fourth-order valence-electron chi connectivity index (χ4n) is 17.9. The lowest BCUT2D eigenvalue weighted by Gasteiger charge is -2.55. The molecule has 7 heteroatoms. The Balaban J connectivity index is 0.000000146. The molecule has 0 aromatic heterocycles. The number of Topliss-reactive ketones (excluding diaryl/α,β-unsaturated/α-hetero) is 3. The Hall–Kier alpha value is -3.23. The van der Waals surface area contributed by atoms with Gasteiger partial charge in [-0.15, -0.1) is 0 Å². The van der Waals surface area contributed by atoms with Crippen molar-refractivity contribution in [2.24, 2.45) is 76.4 Å². The van der Waals surface area contributed by atoms with Crippen LogP contribution in [0.2, 0.25) is 0 Å². The zero-order chi connectivity index (χ0) is 60.1. The molecule has 81 heavy (non-hydrogen) atoms. The summed E-state index contributed by atoms with van der Waals surface area (Å²) >= 11 is 0. The van der Waals surface area contributed by atoms with Crippen molar-refractivity contribution in [1.29, 1.82) is 0 Å². The van der Waals surface area contributed by atoms with Gasteiger partial charge in [-0.3, -0.25) is 14.4 Å². The maximum atomic E-state index is 12.2. The summed E-state index contributed by atoms with van der Waals surface area (Å²) < 4.78 is 6.33. The number of fused-ring (bicyclic) bond motifs is 1. The molecule has 7 nitrogen and oxygen atoms in total. The van der Waals surface area contributed by atoms with E-state index in [1.165, 1.54) is 91.2 Å². The van der Waals surface area contributed by atoms with Crippen LogP contribution in [-0.2, 0) is 19.1 Å². The van der Waals surface area contributed by atoms with E-state index in [-0.39, 0.29) is 47.1 Å². The standard InChI is InChI=1S/C15H22O2.C15H24O2.2C15H24O.C14H20O/c1-9(2)11-6-5-10(3)14-12(7-11)15(4,17)8-13(14)16;1-10(2)12-7-8-14(4)13(16)6-5-11(3)15(14,17)9-12;1-10(2)13-6-5-11(3)14-8-7-12(4)15(14,9-13)16-14;1-9(2)12-6-5-10(3)15-13(8-12)11(4)7-14(15)16;1-9(2)11-5-4-10(3)12-6-7-14(15)13(12)8-11/h10-11,17H,1,5-8H2,2-4H3;11-12,17H,1,5-9H2,2-4H3;11-13H,1,5-9H2,2-4H3;10-12,14,16H,1,5-8H2,2-4H3;10-11H,1,4-8H2,2-3H3/t10-,11+,15?;11-,12+,14-,15+;11-,12-,13+,14?,15?;10-,11-,12+,14?;10-,11+/m00000/s1. The first kappa shape index (κ1) is 65.3. The minimum absolute atomic E-state index is 0.153. The Bertz CT molecular complexity index is 2560. The summed E-state index contributed by atoms with van der Waals surface area (Å²) in [6, 6.07) is 0. The third-order valence-electron chi connectivity index (χ3n) is 24.2. The number of allylic oxidation sites excluding steroid dienone is 9. The lowest BCUT2D eigenvalue weighted by atomic mass is 9.51. The highest BCUT2D eigenvalue weighted by Crippen LogP contribution is 2.70. The first-order valence-corrected chi connectivity index (χ1v) is 32.6. The molecule has 18 atom stereocenters. The molecule has 0 aromatic carbocycles. The third-order valence-corrected chi connectivity index (χ3v) is 24.2. The lowest BCUT2D eigenvalue weighted by Crippen LogP contribution is -2.61. The van der Waals surface area contributed by atoms with Gasteiger partial charge in [0, 0.05) is 24.8 Å². The zero-order valence-corrected chi connectivity index (χ0v) is 53.8. The summed E-state index contributed by atoms with van der Waals surface area (Å²) in [6.45, 7) is 50.5. The Morgan fingerprint density at radius 1 is 0.506 bits per heavy atom. The molecule has 452 valence electrons. The van der Waals surface area contributed by atoms with E-state index < -0.39 is 16.6 Å². The summed E-state index contributed by atoms with van der Waals surface area (Å²) in [6.07, 6.45) is 23.3. The molecule has 0 aromatic rings. The molecule has 3 N–H and O–H groups in total. The number of rotatable bonds is 5. The van der Waals surface area contributed by atoms with Crippen LogP contribution < -0.4 is 0 Å². The second kappa shape index (κ2) is 25.4. The number of aliphatic hydroxyl groups is 3. The van der Waals surface area contributed by atoms with Crippen molar-refractivity contribution in [2.75, 3.05) is 0 Å². The first-order chi connectivity index (χ1) is 37.7. The van der Waals surface area contributed by atoms with E-state index in [4.69, 9.17) is 4.74 Å². The molecule has 4 unspecified atom stereocenters. The molecular formula is C74H114O7. The van der Waals surface area contributed by atoms with Gasteiger partial charge in [0.05, 0.1) is 22.7 Å². The van der Waals surface area contributed by atoms with E-state index in [0.29, 0.717) is 66.0 Å². The van der Waals surface area contributed by atoms with Crippen molar-refractivity contribution in [3.8, 4) is 0 Å². The summed E-state index contributed by atoms with van der Waals surface area (Å²) in [5.41, 5.74) is 11.9. The topological polar surface area (TPSA) is 124 Å². The van der Waals surface area contributed by atoms with Crippen molar-refractivity contribution in [1.82, 2.24) is 0 Å². The van der Waals surface area contributed by atoms with E-state index in [2.05, 4.69) is 102 Å². The van der Waals surface area contributed by atoms with Gasteiger partial charge in [0.1, 0.15) is 17.0 Å². The quantitative estimate of drug-likeness (QED) is 0.185. The molecule has 11 aliphatic rings. The van der Waals surface area contributed by atoms with Gasteiger partial charge >= 0.3 is 0 Å². The summed E-state index contributed by atoms with van der Waals surface area (Å²) in [7, 11) is 0. The number of ether oxygens (including phenoxy) is 1. The second-order valence-corrected chi connectivity index (χ2v) is 30.0. The number of ketones is 3. The first-order valence-electron chi connectivity index (χ1n) is 32.6. The number of aliphatic hydroxyl groups excluding tert-OH is 1. The summed E-state index contributed by atoms with van der Waals surface area (Å²) in [5, 5.41) is 31.6. The highest BCUT2D eigenvalue weighted by atomic mass is 16.6. The minimum atomic E-state index is -0.918. The van der Waals surface area contributed by atoms with Crippen LogP contribution in [0.1, 0.15) is 245 Å². The van der Waals surface area contributed by atoms with Gasteiger partial charge in [-0.2, -0.15) is 0 Å². The summed E-state index contributed by atoms with van der Waals surface area (Å²) in [5.74, 6) is 7.28. The number of hydrogen-bond acceptors (Lipinski definition) is 7. The maximum Gasteiger partial charge on any atom is 0.162 e. The fraction of sp³-hybridized carbons (Fsp3) is 0.743. The van der Waals surface area contributed by atoms with Gasteiger partial charge in [-0.05, 0) is 265 Å². The largest absolute Gasteiger partial charge is 0.389 e. The second-order valence-electron chi connectivity index (χ2n) is 30.0. The molecule has 0 bridgehead atoms.